The first-order valence-corrected chi connectivity index (χ1v) is 10.6. The fraction of sp³-hybridized carbons (Fsp3) is 0.409. The average Bonchev–Trinajstić information content (AvgIpc) is 2.83. The van der Waals surface area contributed by atoms with E-state index in [1.807, 2.05) is 43.3 Å². The zero-order valence-corrected chi connectivity index (χ0v) is 17.6. The van der Waals surface area contributed by atoms with Crippen LogP contribution < -0.4 is 4.90 Å². The second-order valence-corrected chi connectivity index (χ2v) is 7.58. The molecule has 9 heteroatoms. The van der Waals surface area contributed by atoms with E-state index in [1.165, 1.54) is 9.80 Å². The van der Waals surface area contributed by atoms with E-state index in [9.17, 15) is 14.4 Å². The summed E-state index contributed by atoms with van der Waals surface area (Å²) in [6.45, 7) is 5.54. The van der Waals surface area contributed by atoms with Gasteiger partial charge in [0.2, 0.25) is 5.91 Å². The van der Waals surface area contributed by atoms with Gasteiger partial charge in [0.25, 0.3) is 0 Å². The van der Waals surface area contributed by atoms with Crippen molar-refractivity contribution in [3.8, 4) is 11.4 Å². The molecule has 0 atom stereocenters. The summed E-state index contributed by atoms with van der Waals surface area (Å²) in [5, 5.41) is 0. The molecule has 3 heterocycles. The number of carbonyl (C=O) groups is 3. The summed E-state index contributed by atoms with van der Waals surface area (Å²) in [5.41, 5.74) is 0.959. The lowest BCUT2D eigenvalue weighted by atomic mass is 10.2. The molecule has 2 aliphatic rings. The number of amides is 3. The molecule has 2 fully saturated rings. The number of rotatable bonds is 5. The molecule has 3 amide bonds. The first kappa shape index (κ1) is 20.8. The van der Waals surface area contributed by atoms with Crippen LogP contribution in [0.4, 0.5) is 5.82 Å². The monoisotopic (exact) mass is 422 g/mol. The minimum absolute atomic E-state index is 0.0478. The van der Waals surface area contributed by atoms with Crippen LogP contribution in [0.5, 0.6) is 0 Å². The summed E-state index contributed by atoms with van der Waals surface area (Å²) >= 11 is 0. The van der Waals surface area contributed by atoms with Gasteiger partial charge in [0.1, 0.15) is 12.4 Å². The van der Waals surface area contributed by atoms with Gasteiger partial charge in [-0.1, -0.05) is 30.3 Å². The lowest BCUT2D eigenvalue weighted by Crippen LogP contribution is -2.57. The third kappa shape index (κ3) is 4.50. The van der Waals surface area contributed by atoms with Gasteiger partial charge in [-0.25, -0.2) is 9.97 Å². The molecule has 162 valence electrons. The topological polar surface area (TPSA) is 89.9 Å². The highest BCUT2D eigenvalue weighted by Gasteiger charge is 2.34. The maximum Gasteiger partial charge on any atom is 0.312 e. The van der Waals surface area contributed by atoms with Crippen LogP contribution >= 0.6 is 0 Å². The van der Waals surface area contributed by atoms with Crippen molar-refractivity contribution in [1.82, 2.24) is 24.7 Å². The number of anilines is 1. The van der Waals surface area contributed by atoms with E-state index in [1.54, 1.807) is 11.1 Å². The molecular formula is C22H26N6O3. The Morgan fingerprint density at radius 3 is 2.29 bits per heavy atom. The first-order chi connectivity index (χ1) is 15.1. The average molecular weight is 422 g/mol. The van der Waals surface area contributed by atoms with E-state index in [4.69, 9.17) is 0 Å². The molecule has 1 aromatic heterocycles. The summed E-state index contributed by atoms with van der Waals surface area (Å²) in [7, 11) is 0. The Bertz CT molecular complexity index is 959. The highest BCUT2D eigenvalue weighted by Crippen LogP contribution is 2.19. The molecule has 31 heavy (non-hydrogen) atoms. The Labute approximate surface area is 181 Å². The molecule has 0 unspecified atom stereocenters. The molecule has 0 aliphatic carbocycles. The van der Waals surface area contributed by atoms with E-state index in [-0.39, 0.29) is 12.5 Å². The summed E-state index contributed by atoms with van der Waals surface area (Å²) in [5.74, 6) is 0.265. The Morgan fingerprint density at radius 2 is 1.58 bits per heavy atom. The van der Waals surface area contributed by atoms with Gasteiger partial charge in [0, 0.05) is 57.6 Å². The molecule has 0 radical (unpaired) electrons. The lowest BCUT2D eigenvalue weighted by Gasteiger charge is -2.37. The molecule has 0 bridgehead atoms. The first-order valence-electron chi connectivity index (χ1n) is 10.6. The fourth-order valence-electron chi connectivity index (χ4n) is 3.87. The number of piperazine rings is 2. The van der Waals surface area contributed by atoms with Crippen molar-refractivity contribution in [1.29, 1.82) is 0 Å². The number of nitrogens with zero attached hydrogens (tertiary/aromatic N) is 6. The van der Waals surface area contributed by atoms with Gasteiger partial charge in [0.15, 0.2) is 5.82 Å². The van der Waals surface area contributed by atoms with Crippen molar-refractivity contribution in [3.05, 3.63) is 42.6 Å². The van der Waals surface area contributed by atoms with Crippen molar-refractivity contribution in [2.75, 3.05) is 57.3 Å². The maximum absolute atomic E-state index is 12.7. The largest absolute Gasteiger partial charge is 0.353 e. The summed E-state index contributed by atoms with van der Waals surface area (Å²) in [4.78, 5) is 52.8. The predicted octanol–water partition coefficient (Wildman–Crippen LogP) is 0.483. The number of hydrogen-bond donors (Lipinski definition) is 0. The SMILES string of the molecule is CCN1CCN(CC(=O)N2CCN(c3ccnc(-c4ccccc4)n3)CC2)C(=O)C1=O. The quantitative estimate of drug-likeness (QED) is 0.652. The van der Waals surface area contributed by atoms with Gasteiger partial charge in [-0.15, -0.1) is 0 Å². The minimum Gasteiger partial charge on any atom is -0.353 e. The smallest absolute Gasteiger partial charge is 0.312 e. The van der Waals surface area contributed by atoms with Gasteiger partial charge in [-0.05, 0) is 13.0 Å². The third-order valence-electron chi connectivity index (χ3n) is 5.73. The van der Waals surface area contributed by atoms with Gasteiger partial charge >= 0.3 is 11.8 Å². The van der Waals surface area contributed by atoms with Crippen LogP contribution in [0, 0.1) is 0 Å². The fourth-order valence-corrected chi connectivity index (χ4v) is 3.87. The van der Waals surface area contributed by atoms with Crippen LogP contribution in [-0.4, -0.2) is 94.7 Å². The van der Waals surface area contributed by atoms with Crippen LogP contribution in [0.1, 0.15) is 6.92 Å². The van der Waals surface area contributed by atoms with Gasteiger partial charge in [-0.3, -0.25) is 14.4 Å². The second kappa shape index (κ2) is 9.11. The predicted molar refractivity (Wildman–Crippen MR) is 115 cm³/mol. The maximum atomic E-state index is 12.7. The zero-order valence-electron chi connectivity index (χ0n) is 17.6. The highest BCUT2D eigenvalue weighted by atomic mass is 16.2. The number of benzene rings is 1. The summed E-state index contributed by atoms with van der Waals surface area (Å²) in [6.07, 6.45) is 1.75. The van der Waals surface area contributed by atoms with Crippen molar-refractivity contribution < 1.29 is 14.4 Å². The van der Waals surface area contributed by atoms with Crippen LogP contribution in [-0.2, 0) is 14.4 Å². The number of likely N-dealkylation sites (N-methyl/N-ethyl adjacent to an activating group) is 1. The number of aromatic nitrogens is 2. The van der Waals surface area contributed by atoms with Gasteiger partial charge in [-0.2, -0.15) is 0 Å². The molecule has 2 saturated heterocycles. The van der Waals surface area contributed by atoms with Gasteiger partial charge in [0.05, 0.1) is 0 Å². The Hall–Kier alpha value is -3.49. The molecule has 0 saturated carbocycles. The molecule has 2 aromatic rings. The molecular weight excluding hydrogens is 396 g/mol. The van der Waals surface area contributed by atoms with Crippen LogP contribution in [0.2, 0.25) is 0 Å². The van der Waals surface area contributed by atoms with Crippen molar-refractivity contribution in [2.24, 2.45) is 0 Å². The zero-order chi connectivity index (χ0) is 21.8. The Balaban J connectivity index is 1.33. The van der Waals surface area contributed by atoms with Crippen molar-refractivity contribution >= 4 is 23.5 Å². The van der Waals surface area contributed by atoms with E-state index in [2.05, 4.69) is 14.9 Å². The van der Waals surface area contributed by atoms with Crippen LogP contribution in [0.25, 0.3) is 11.4 Å². The van der Waals surface area contributed by atoms with E-state index in [0.29, 0.717) is 51.6 Å². The normalized spacial score (nSPS) is 17.3. The molecule has 2 aliphatic heterocycles. The highest BCUT2D eigenvalue weighted by molar-refractivity contribution is 6.35. The molecule has 9 nitrogen and oxygen atoms in total. The molecule has 0 N–H and O–H groups in total. The Morgan fingerprint density at radius 1 is 0.903 bits per heavy atom. The summed E-state index contributed by atoms with van der Waals surface area (Å²) in [6, 6.07) is 11.7. The van der Waals surface area contributed by atoms with Gasteiger partial charge < -0.3 is 19.6 Å². The Kier molecular flexibility index (Phi) is 6.11. The summed E-state index contributed by atoms with van der Waals surface area (Å²) < 4.78 is 0. The van der Waals surface area contributed by atoms with E-state index < -0.39 is 11.8 Å². The number of carbonyl (C=O) groups excluding carboxylic acids is 3. The molecule has 1 aromatic carbocycles. The van der Waals surface area contributed by atoms with E-state index in [0.717, 1.165) is 11.4 Å². The standard InChI is InChI=1S/C22H26N6O3/c1-2-25-10-15-28(22(31)21(25)30)16-19(29)27-13-11-26(12-14-27)18-8-9-23-20(24-18)17-6-4-3-5-7-17/h3-9H,2,10-16H2,1H3. The second-order valence-electron chi connectivity index (χ2n) is 7.58. The molecule has 0 spiro atoms. The molecule has 4 rings (SSSR count). The third-order valence-corrected chi connectivity index (χ3v) is 5.73. The minimum atomic E-state index is -0.588. The number of hydrogen-bond acceptors (Lipinski definition) is 6. The van der Waals surface area contributed by atoms with Crippen LogP contribution in [0.15, 0.2) is 42.6 Å². The van der Waals surface area contributed by atoms with Crippen molar-refractivity contribution in [2.45, 2.75) is 6.92 Å². The van der Waals surface area contributed by atoms with Crippen molar-refractivity contribution in [3.63, 3.8) is 0 Å². The van der Waals surface area contributed by atoms with Crippen LogP contribution in [0.3, 0.4) is 0 Å². The van der Waals surface area contributed by atoms with E-state index >= 15 is 0 Å². The lowest BCUT2D eigenvalue weighted by molar-refractivity contribution is -0.157.